The monoisotopic (exact) mass is 303 g/mol. The molecule has 1 heterocycles. The molecule has 0 aromatic carbocycles. The molecule has 0 radical (unpaired) electrons. The summed E-state index contributed by atoms with van der Waals surface area (Å²) in [5.41, 5.74) is 0. The molecule has 5 nitrogen and oxygen atoms in total. The van der Waals surface area contributed by atoms with Crippen LogP contribution in [0.25, 0.3) is 0 Å². The fourth-order valence-corrected chi connectivity index (χ4v) is 3.99. The van der Waals surface area contributed by atoms with Crippen molar-refractivity contribution in [2.24, 2.45) is 4.99 Å². The lowest BCUT2D eigenvalue weighted by Gasteiger charge is -2.22. The molecule has 1 aromatic rings. The first-order chi connectivity index (χ1) is 8.77. The standard InChI is InChI=1S/C12H21N3O2S2/c1-6-19(16,17)11-8-7-10(18-11)9-13-12(14(2)3)15(4)5/h7-8H,6,9H2,1-5H3. The smallest absolute Gasteiger partial charge is 0.195 e. The number of sulfone groups is 1. The van der Waals surface area contributed by atoms with Crippen LogP contribution >= 0.6 is 11.3 Å². The van der Waals surface area contributed by atoms with E-state index >= 15 is 0 Å². The molecule has 0 saturated heterocycles. The number of rotatable bonds is 4. The van der Waals surface area contributed by atoms with Crippen LogP contribution in [0.4, 0.5) is 0 Å². The van der Waals surface area contributed by atoms with Crippen molar-refractivity contribution in [3.8, 4) is 0 Å². The molecular weight excluding hydrogens is 282 g/mol. The van der Waals surface area contributed by atoms with Crippen molar-refractivity contribution < 1.29 is 8.42 Å². The van der Waals surface area contributed by atoms with Gasteiger partial charge >= 0.3 is 0 Å². The molecule has 108 valence electrons. The van der Waals surface area contributed by atoms with Crippen LogP contribution in [0, 0.1) is 0 Å². The second-order valence-corrected chi connectivity index (χ2v) is 8.20. The number of nitrogens with zero attached hydrogens (tertiary/aromatic N) is 3. The minimum absolute atomic E-state index is 0.136. The summed E-state index contributed by atoms with van der Waals surface area (Å²) in [5, 5.41) is 0. The third-order valence-corrected chi connectivity index (χ3v) is 5.89. The van der Waals surface area contributed by atoms with Crippen molar-refractivity contribution in [2.75, 3.05) is 33.9 Å². The maximum atomic E-state index is 11.7. The Morgan fingerprint density at radius 3 is 2.26 bits per heavy atom. The van der Waals surface area contributed by atoms with Gasteiger partial charge in [0, 0.05) is 33.1 Å². The fraction of sp³-hybridized carbons (Fsp3) is 0.583. The van der Waals surface area contributed by atoms with Crippen molar-refractivity contribution in [3.63, 3.8) is 0 Å². The molecule has 0 aliphatic heterocycles. The molecule has 0 atom stereocenters. The van der Waals surface area contributed by atoms with E-state index in [1.165, 1.54) is 11.3 Å². The zero-order valence-corrected chi connectivity index (χ0v) is 13.7. The van der Waals surface area contributed by atoms with Gasteiger partial charge < -0.3 is 9.80 Å². The molecule has 19 heavy (non-hydrogen) atoms. The predicted octanol–water partition coefficient (Wildman–Crippen LogP) is 1.52. The van der Waals surface area contributed by atoms with Gasteiger partial charge in [-0.1, -0.05) is 6.92 Å². The van der Waals surface area contributed by atoms with Gasteiger partial charge in [0.25, 0.3) is 0 Å². The Morgan fingerprint density at radius 2 is 1.79 bits per heavy atom. The third kappa shape index (κ3) is 4.21. The van der Waals surface area contributed by atoms with Gasteiger partial charge in [-0.15, -0.1) is 11.3 Å². The van der Waals surface area contributed by atoms with E-state index in [4.69, 9.17) is 0 Å². The molecule has 0 N–H and O–H groups in total. The van der Waals surface area contributed by atoms with Gasteiger partial charge in [-0.25, -0.2) is 13.4 Å². The average molecular weight is 303 g/mol. The Balaban J connectivity index is 2.88. The van der Waals surface area contributed by atoms with Gasteiger partial charge in [-0.3, -0.25) is 0 Å². The van der Waals surface area contributed by atoms with Crippen molar-refractivity contribution >= 4 is 27.1 Å². The lowest BCUT2D eigenvalue weighted by Crippen LogP contribution is -2.35. The normalized spacial score (nSPS) is 11.2. The number of hydrogen-bond acceptors (Lipinski definition) is 4. The second kappa shape index (κ2) is 6.38. The third-order valence-electron chi connectivity index (χ3n) is 2.50. The van der Waals surface area contributed by atoms with E-state index in [1.54, 1.807) is 13.0 Å². The Kier molecular flexibility index (Phi) is 5.37. The Hall–Kier alpha value is -1.08. The summed E-state index contributed by atoms with van der Waals surface area (Å²) in [7, 11) is 4.62. The van der Waals surface area contributed by atoms with Crippen LogP contribution in [-0.2, 0) is 16.4 Å². The van der Waals surface area contributed by atoms with E-state index in [2.05, 4.69) is 4.99 Å². The maximum Gasteiger partial charge on any atom is 0.195 e. The van der Waals surface area contributed by atoms with E-state index < -0.39 is 9.84 Å². The largest absolute Gasteiger partial charge is 0.349 e. The van der Waals surface area contributed by atoms with Crippen molar-refractivity contribution in [2.45, 2.75) is 17.7 Å². The topological polar surface area (TPSA) is 53.0 Å². The number of hydrogen-bond donors (Lipinski definition) is 0. The van der Waals surface area contributed by atoms with Crippen LogP contribution in [0.5, 0.6) is 0 Å². The highest BCUT2D eigenvalue weighted by Crippen LogP contribution is 2.23. The van der Waals surface area contributed by atoms with Crippen LogP contribution in [0.15, 0.2) is 21.3 Å². The van der Waals surface area contributed by atoms with Gasteiger partial charge in [-0.05, 0) is 12.1 Å². The Labute approximate surface area is 119 Å². The molecule has 1 aromatic heterocycles. The van der Waals surface area contributed by atoms with Gasteiger partial charge in [0.1, 0.15) is 4.21 Å². The zero-order valence-electron chi connectivity index (χ0n) is 12.0. The first-order valence-electron chi connectivity index (χ1n) is 5.98. The summed E-state index contributed by atoms with van der Waals surface area (Å²) >= 11 is 1.30. The predicted molar refractivity (Wildman–Crippen MR) is 80.6 cm³/mol. The van der Waals surface area contributed by atoms with Crippen molar-refractivity contribution in [3.05, 3.63) is 17.0 Å². The van der Waals surface area contributed by atoms with Crippen LogP contribution in [-0.4, -0.2) is 58.1 Å². The van der Waals surface area contributed by atoms with E-state index in [-0.39, 0.29) is 5.75 Å². The van der Waals surface area contributed by atoms with E-state index in [0.717, 1.165) is 10.8 Å². The average Bonchev–Trinajstić information content (AvgIpc) is 2.77. The van der Waals surface area contributed by atoms with Crippen molar-refractivity contribution in [1.82, 2.24) is 9.80 Å². The summed E-state index contributed by atoms with van der Waals surface area (Å²) in [4.78, 5) is 9.31. The summed E-state index contributed by atoms with van der Waals surface area (Å²) < 4.78 is 23.9. The van der Waals surface area contributed by atoms with Crippen LogP contribution in [0.3, 0.4) is 0 Å². The molecule has 0 fully saturated rings. The molecule has 0 unspecified atom stereocenters. The van der Waals surface area contributed by atoms with Gasteiger partial charge in [0.05, 0.1) is 12.3 Å². The molecule has 0 bridgehead atoms. The molecule has 0 amide bonds. The highest BCUT2D eigenvalue weighted by molar-refractivity contribution is 7.93. The summed E-state index contributed by atoms with van der Waals surface area (Å²) in [6, 6.07) is 3.50. The van der Waals surface area contributed by atoms with E-state index in [0.29, 0.717) is 10.8 Å². The maximum absolute atomic E-state index is 11.7. The van der Waals surface area contributed by atoms with Crippen LogP contribution < -0.4 is 0 Å². The minimum atomic E-state index is -3.10. The lowest BCUT2D eigenvalue weighted by molar-refractivity contribution is 0.479. The molecule has 0 aliphatic rings. The summed E-state index contributed by atoms with van der Waals surface area (Å²) in [6.07, 6.45) is 0. The second-order valence-electron chi connectivity index (χ2n) is 4.53. The Morgan fingerprint density at radius 1 is 1.21 bits per heavy atom. The number of aliphatic imine (C=N–C) groups is 1. The summed E-state index contributed by atoms with van der Waals surface area (Å²) in [5.74, 6) is 0.991. The summed E-state index contributed by atoms with van der Waals surface area (Å²) in [6.45, 7) is 2.15. The van der Waals surface area contributed by atoms with E-state index in [9.17, 15) is 8.42 Å². The van der Waals surface area contributed by atoms with Gasteiger partial charge in [-0.2, -0.15) is 0 Å². The molecular formula is C12H21N3O2S2. The van der Waals surface area contributed by atoms with Gasteiger partial charge in [0.15, 0.2) is 15.8 Å². The van der Waals surface area contributed by atoms with E-state index in [1.807, 2.05) is 44.1 Å². The van der Waals surface area contributed by atoms with Crippen LogP contribution in [0.1, 0.15) is 11.8 Å². The number of guanidine groups is 1. The fourth-order valence-electron chi connectivity index (χ4n) is 1.58. The minimum Gasteiger partial charge on any atom is -0.349 e. The van der Waals surface area contributed by atoms with Crippen LogP contribution in [0.2, 0.25) is 0 Å². The molecule has 0 aliphatic carbocycles. The molecule has 0 saturated carbocycles. The van der Waals surface area contributed by atoms with Crippen molar-refractivity contribution in [1.29, 1.82) is 0 Å². The molecule has 7 heteroatoms. The highest BCUT2D eigenvalue weighted by atomic mass is 32.2. The first-order valence-corrected chi connectivity index (χ1v) is 8.45. The lowest BCUT2D eigenvalue weighted by atomic mass is 10.5. The first kappa shape index (κ1) is 16.0. The Bertz CT molecular complexity index is 535. The SMILES string of the molecule is CCS(=O)(=O)c1ccc(CN=C(N(C)C)N(C)C)s1. The molecule has 1 rings (SSSR count). The molecule has 0 spiro atoms. The number of thiophene rings is 1. The zero-order chi connectivity index (χ0) is 14.6. The quantitative estimate of drug-likeness (QED) is 0.625. The van der Waals surface area contributed by atoms with Gasteiger partial charge in [0.2, 0.25) is 0 Å². The highest BCUT2D eigenvalue weighted by Gasteiger charge is 2.14.